The molecule has 0 spiro atoms. The van der Waals surface area contributed by atoms with Crippen molar-refractivity contribution in [1.82, 2.24) is 19.6 Å². The van der Waals surface area contributed by atoms with E-state index in [1.807, 2.05) is 19.1 Å². The normalized spacial score (nSPS) is 21.3. The molecule has 1 aromatic carbocycles. The first-order valence-corrected chi connectivity index (χ1v) is 10.8. The Hall–Kier alpha value is -3.88. The van der Waals surface area contributed by atoms with Crippen LogP contribution in [0.2, 0.25) is 0 Å². The Morgan fingerprint density at radius 3 is 2.85 bits per heavy atom. The number of rotatable bonds is 4. The largest absolute Gasteiger partial charge is 0.346 e. The third-order valence-electron chi connectivity index (χ3n) is 6.67. The van der Waals surface area contributed by atoms with Crippen molar-refractivity contribution in [1.29, 1.82) is 0 Å². The van der Waals surface area contributed by atoms with E-state index in [2.05, 4.69) is 20.3 Å². The molecule has 2 fully saturated rings. The highest BCUT2D eigenvalue weighted by atomic mass is 19.1. The van der Waals surface area contributed by atoms with Crippen molar-refractivity contribution >= 4 is 23.1 Å². The van der Waals surface area contributed by atoms with Crippen LogP contribution in [0.25, 0.3) is 5.65 Å². The van der Waals surface area contributed by atoms with E-state index in [9.17, 15) is 13.6 Å². The van der Waals surface area contributed by atoms with Gasteiger partial charge in [0, 0.05) is 24.5 Å². The van der Waals surface area contributed by atoms with E-state index >= 15 is 0 Å². The standard InChI is InChI=1S/C24H20F2N6O/c1-14-2-5-19(27-12-14)23(33)29-20-13-28-32-9-7-21(30-22(20)32)31-8-6-15-11-24(15,31)17-10-16(25)3-4-18(17)26/h2-5,7,9-10,12-13,15H,6,8,11H2,1H3,(H,29,33)/t15-,24+/m0/s1. The van der Waals surface area contributed by atoms with E-state index in [0.717, 1.165) is 24.5 Å². The molecule has 0 bridgehead atoms. The Labute approximate surface area is 188 Å². The maximum Gasteiger partial charge on any atom is 0.274 e. The number of carbonyl (C=O) groups is 1. The van der Waals surface area contributed by atoms with E-state index in [4.69, 9.17) is 4.98 Å². The summed E-state index contributed by atoms with van der Waals surface area (Å²) in [6.07, 6.45) is 6.55. The molecule has 4 aromatic rings. The number of halogens is 2. The molecule has 1 aliphatic heterocycles. The van der Waals surface area contributed by atoms with Gasteiger partial charge in [-0.05, 0) is 61.6 Å². The quantitative estimate of drug-likeness (QED) is 0.511. The van der Waals surface area contributed by atoms with Crippen molar-refractivity contribution in [3.8, 4) is 0 Å². The molecule has 4 heterocycles. The van der Waals surface area contributed by atoms with Gasteiger partial charge in [0.15, 0.2) is 5.65 Å². The predicted octanol–water partition coefficient (Wildman–Crippen LogP) is 4.09. The summed E-state index contributed by atoms with van der Waals surface area (Å²) in [6, 6.07) is 8.91. The van der Waals surface area contributed by atoms with Gasteiger partial charge in [-0.2, -0.15) is 5.10 Å². The number of fused-ring (bicyclic) bond motifs is 2. The van der Waals surface area contributed by atoms with Crippen LogP contribution in [0, 0.1) is 24.5 Å². The summed E-state index contributed by atoms with van der Waals surface area (Å²) in [6.45, 7) is 2.59. The van der Waals surface area contributed by atoms with E-state index in [0.29, 0.717) is 29.3 Å². The highest BCUT2D eigenvalue weighted by Crippen LogP contribution is 2.63. The van der Waals surface area contributed by atoms with Gasteiger partial charge in [-0.3, -0.25) is 9.78 Å². The first-order chi connectivity index (χ1) is 16.0. The molecule has 9 heteroatoms. The van der Waals surface area contributed by atoms with Crippen LogP contribution in [0.5, 0.6) is 0 Å². The third-order valence-corrected chi connectivity index (χ3v) is 6.67. The molecule has 1 aliphatic carbocycles. The molecule has 2 atom stereocenters. The predicted molar refractivity (Wildman–Crippen MR) is 118 cm³/mol. The van der Waals surface area contributed by atoms with Crippen LogP contribution >= 0.6 is 0 Å². The smallest absolute Gasteiger partial charge is 0.274 e. The second kappa shape index (κ2) is 7.06. The topological polar surface area (TPSA) is 75.4 Å². The number of carbonyl (C=O) groups excluding carboxylic acids is 1. The second-order valence-corrected chi connectivity index (χ2v) is 8.68. The van der Waals surface area contributed by atoms with Crippen molar-refractivity contribution in [2.75, 3.05) is 16.8 Å². The van der Waals surface area contributed by atoms with Gasteiger partial charge in [-0.25, -0.2) is 18.3 Å². The van der Waals surface area contributed by atoms with Gasteiger partial charge >= 0.3 is 0 Å². The molecule has 1 N–H and O–H groups in total. The second-order valence-electron chi connectivity index (χ2n) is 8.68. The van der Waals surface area contributed by atoms with Gasteiger partial charge in [-0.1, -0.05) is 6.07 Å². The number of amides is 1. The van der Waals surface area contributed by atoms with E-state index < -0.39 is 17.2 Å². The molecule has 2 aliphatic rings. The van der Waals surface area contributed by atoms with Gasteiger partial charge in [0.05, 0.1) is 11.7 Å². The van der Waals surface area contributed by atoms with Crippen molar-refractivity contribution in [3.05, 3.63) is 83.4 Å². The van der Waals surface area contributed by atoms with E-state index in [1.54, 1.807) is 23.0 Å². The van der Waals surface area contributed by atoms with Crippen LogP contribution in [0.15, 0.2) is 55.0 Å². The Bertz CT molecular complexity index is 1400. The number of benzene rings is 1. The number of pyridine rings is 1. The van der Waals surface area contributed by atoms with Crippen LogP contribution in [-0.2, 0) is 5.54 Å². The fraction of sp³-hybridized carbons (Fsp3) is 0.250. The molecule has 0 radical (unpaired) electrons. The van der Waals surface area contributed by atoms with Crippen molar-refractivity contribution in [2.24, 2.45) is 5.92 Å². The minimum absolute atomic E-state index is 0.253. The van der Waals surface area contributed by atoms with Gasteiger partial charge in [0.25, 0.3) is 5.91 Å². The average molecular weight is 446 g/mol. The fourth-order valence-corrected chi connectivity index (χ4v) is 4.98. The fourth-order valence-electron chi connectivity index (χ4n) is 4.98. The highest BCUT2D eigenvalue weighted by Gasteiger charge is 2.64. The SMILES string of the molecule is Cc1ccc(C(=O)Nc2cnn3ccc(N4CC[C@H]5C[C@]54c4cc(F)ccc4F)nc23)nc1. The van der Waals surface area contributed by atoms with Crippen LogP contribution in [0.4, 0.5) is 20.3 Å². The number of hydrogen-bond donors (Lipinski definition) is 1. The third kappa shape index (κ3) is 3.06. The summed E-state index contributed by atoms with van der Waals surface area (Å²) < 4.78 is 30.2. The van der Waals surface area contributed by atoms with Gasteiger partial charge in [0.1, 0.15) is 28.8 Å². The lowest BCUT2D eigenvalue weighted by molar-refractivity contribution is 0.102. The Morgan fingerprint density at radius 1 is 1.18 bits per heavy atom. The minimum Gasteiger partial charge on any atom is -0.346 e. The number of anilines is 2. The number of aryl methyl sites for hydroxylation is 1. The number of piperidine rings is 1. The maximum atomic E-state index is 14.7. The summed E-state index contributed by atoms with van der Waals surface area (Å²) in [7, 11) is 0. The van der Waals surface area contributed by atoms with E-state index in [1.165, 1.54) is 18.3 Å². The first-order valence-electron chi connectivity index (χ1n) is 10.8. The molecule has 1 amide bonds. The van der Waals surface area contributed by atoms with Crippen LogP contribution in [0.1, 0.15) is 34.5 Å². The monoisotopic (exact) mass is 446 g/mol. The zero-order valence-corrected chi connectivity index (χ0v) is 17.8. The van der Waals surface area contributed by atoms with E-state index in [-0.39, 0.29) is 17.5 Å². The average Bonchev–Trinajstić information content (AvgIpc) is 3.21. The maximum absolute atomic E-state index is 14.7. The summed E-state index contributed by atoms with van der Waals surface area (Å²) in [5.41, 5.74) is 1.94. The lowest BCUT2D eigenvalue weighted by atomic mass is 10.0. The Morgan fingerprint density at radius 2 is 2.06 bits per heavy atom. The summed E-state index contributed by atoms with van der Waals surface area (Å²) in [5, 5.41) is 7.09. The van der Waals surface area contributed by atoms with Crippen molar-refractivity contribution in [3.63, 3.8) is 0 Å². The molecule has 6 rings (SSSR count). The molecule has 1 saturated carbocycles. The molecular formula is C24H20F2N6O. The highest BCUT2D eigenvalue weighted by molar-refractivity contribution is 6.04. The van der Waals surface area contributed by atoms with Crippen molar-refractivity contribution in [2.45, 2.75) is 25.3 Å². The first kappa shape index (κ1) is 19.8. The van der Waals surface area contributed by atoms with Gasteiger partial charge in [0.2, 0.25) is 0 Å². The lowest BCUT2D eigenvalue weighted by Gasteiger charge is -2.30. The summed E-state index contributed by atoms with van der Waals surface area (Å²) in [5.74, 6) is -0.333. The number of hydrogen-bond acceptors (Lipinski definition) is 5. The zero-order valence-electron chi connectivity index (χ0n) is 17.8. The number of nitrogens with one attached hydrogen (secondary N) is 1. The van der Waals surface area contributed by atoms with Crippen LogP contribution in [0.3, 0.4) is 0 Å². The molecule has 33 heavy (non-hydrogen) atoms. The number of nitrogens with zero attached hydrogens (tertiary/aromatic N) is 5. The van der Waals surface area contributed by atoms with Crippen molar-refractivity contribution < 1.29 is 13.6 Å². The Kier molecular flexibility index (Phi) is 4.23. The van der Waals surface area contributed by atoms with Crippen LogP contribution in [-0.4, -0.2) is 32.0 Å². The summed E-state index contributed by atoms with van der Waals surface area (Å²) >= 11 is 0. The minimum atomic E-state index is -0.590. The molecule has 3 aromatic heterocycles. The zero-order chi connectivity index (χ0) is 22.7. The van der Waals surface area contributed by atoms with Gasteiger partial charge in [-0.15, -0.1) is 0 Å². The molecular weight excluding hydrogens is 426 g/mol. The lowest BCUT2D eigenvalue weighted by Crippen LogP contribution is -2.34. The molecule has 166 valence electrons. The molecule has 1 saturated heterocycles. The summed E-state index contributed by atoms with van der Waals surface area (Å²) in [4.78, 5) is 23.6. The van der Waals surface area contributed by atoms with Gasteiger partial charge < -0.3 is 10.2 Å². The molecule has 7 nitrogen and oxygen atoms in total. The van der Waals surface area contributed by atoms with Crippen LogP contribution < -0.4 is 10.2 Å². The Balaban J connectivity index is 1.35. The number of aromatic nitrogens is 4. The molecule has 0 unspecified atom stereocenters.